The van der Waals surface area contributed by atoms with Crippen molar-refractivity contribution in [1.29, 1.82) is 0 Å². The minimum absolute atomic E-state index is 0.274. The maximum absolute atomic E-state index is 8.96. The normalized spacial score (nSPS) is 18.1. The highest BCUT2D eigenvalue weighted by Crippen LogP contribution is 2.30. The van der Waals surface area contributed by atoms with Crippen molar-refractivity contribution in [2.75, 3.05) is 40.1 Å². The largest absolute Gasteiger partial charge is 0.396 e. The first-order valence-electron chi connectivity index (χ1n) is 9.77. The molecule has 1 aliphatic carbocycles. The summed E-state index contributed by atoms with van der Waals surface area (Å²) in [5.74, 6) is 1.05. The Kier molecular flexibility index (Phi) is 9.48. The molecule has 1 aliphatic rings. The Hall–Kier alpha value is -0.940. The van der Waals surface area contributed by atoms with E-state index in [0.29, 0.717) is 18.4 Å². The number of hydrogen-bond donors (Lipinski definition) is 2. The second-order valence-corrected chi connectivity index (χ2v) is 7.21. The summed E-state index contributed by atoms with van der Waals surface area (Å²) >= 11 is 0. The fourth-order valence-electron chi connectivity index (χ4n) is 3.73. The molecule has 0 aromatic heterocycles. The van der Waals surface area contributed by atoms with Crippen molar-refractivity contribution in [1.82, 2.24) is 0 Å². The number of unbranched alkanes of at least 4 members (excludes halogenated alkanes) is 1. The van der Waals surface area contributed by atoms with E-state index in [-0.39, 0.29) is 6.61 Å². The van der Waals surface area contributed by atoms with E-state index in [1.807, 2.05) is 0 Å². The molecule has 0 spiro atoms. The van der Waals surface area contributed by atoms with Crippen LogP contribution in [0.5, 0.6) is 0 Å². The number of nitrogens with two attached hydrogens (primary N) is 1. The second kappa shape index (κ2) is 11.6. The van der Waals surface area contributed by atoms with Gasteiger partial charge >= 0.3 is 0 Å². The molecule has 1 aromatic rings. The average molecular weight is 350 g/mol. The number of methoxy groups -OCH3 is 1. The first kappa shape index (κ1) is 20.4. The Morgan fingerprint density at radius 3 is 2.84 bits per heavy atom. The van der Waals surface area contributed by atoms with Crippen LogP contribution in [0.25, 0.3) is 0 Å². The summed E-state index contributed by atoms with van der Waals surface area (Å²) in [6.45, 7) is 3.38. The fourth-order valence-corrected chi connectivity index (χ4v) is 3.73. The molecule has 4 nitrogen and oxygen atoms in total. The van der Waals surface area contributed by atoms with E-state index in [1.165, 1.54) is 23.1 Å². The van der Waals surface area contributed by atoms with Crippen LogP contribution in [-0.2, 0) is 22.3 Å². The van der Waals surface area contributed by atoms with Crippen LogP contribution >= 0.6 is 0 Å². The van der Waals surface area contributed by atoms with E-state index >= 15 is 0 Å². The lowest BCUT2D eigenvalue weighted by Crippen LogP contribution is -2.20. The predicted molar refractivity (Wildman–Crippen MR) is 102 cm³/mol. The predicted octanol–water partition coefficient (Wildman–Crippen LogP) is 3.05. The van der Waals surface area contributed by atoms with Gasteiger partial charge in [-0.3, -0.25) is 0 Å². The van der Waals surface area contributed by atoms with Gasteiger partial charge in [-0.05, 0) is 73.6 Å². The van der Waals surface area contributed by atoms with Crippen LogP contribution in [0.3, 0.4) is 0 Å². The Bertz CT molecular complexity index is 492. The van der Waals surface area contributed by atoms with Gasteiger partial charge in [0.25, 0.3) is 0 Å². The monoisotopic (exact) mass is 349 g/mol. The van der Waals surface area contributed by atoms with E-state index < -0.39 is 0 Å². The van der Waals surface area contributed by atoms with Gasteiger partial charge < -0.3 is 20.3 Å². The molecule has 0 radical (unpaired) electrons. The molecule has 0 bridgehead atoms. The SMILES string of the molecule is COCCCOC[C@@H]1CCc2cc([C@H](CN)CCCCO)ccc2C1. The maximum atomic E-state index is 8.96. The van der Waals surface area contributed by atoms with Gasteiger partial charge in [-0.15, -0.1) is 0 Å². The fraction of sp³-hybridized carbons (Fsp3) is 0.714. The molecule has 0 saturated carbocycles. The van der Waals surface area contributed by atoms with Crippen LogP contribution in [-0.4, -0.2) is 45.2 Å². The number of rotatable bonds is 12. The molecule has 142 valence electrons. The van der Waals surface area contributed by atoms with Crippen molar-refractivity contribution in [2.24, 2.45) is 11.7 Å². The molecule has 0 fully saturated rings. The molecule has 0 saturated heterocycles. The number of fused-ring (bicyclic) bond motifs is 1. The number of hydrogen-bond acceptors (Lipinski definition) is 4. The van der Waals surface area contributed by atoms with Gasteiger partial charge in [0.2, 0.25) is 0 Å². The zero-order valence-corrected chi connectivity index (χ0v) is 15.7. The van der Waals surface area contributed by atoms with Crippen LogP contribution in [0.4, 0.5) is 0 Å². The Labute approximate surface area is 152 Å². The summed E-state index contributed by atoms with van der Waals surface area (Å²) in [6, 6.07) is 6.94. The smallest absolute Gasteiger partial charge is 0.0497 e. The van der Waals surface area contributed by atoms with Gasteiger partial charge in [-0.1, -0.05) is 24.6 Å². The van der Waals surface area contributed by atoms with Crippen molar-refractivity contribution in [3.8, 4) is 0 Å². The van der Waals surface area contributed by atoms with Crippen LogP contribution in [0.15, 0.2) is 18.2 Å². The summed E-state index contributed by atoms with van der Waals surface area (Å²) in [7, 11) is 1.73. The zero-order chi connectivity index (χ0) is 17.9. The molecule has 2 atom stereocenters. The van der Waals surface area contributed by atoms with Crippen LogP contribution in [0.2, 0.25) is 0 Å². The quantitative estimate of drug-likeness (QED) is 0.569. The summed E-state index contributed by atoms with van der Waals surface area (Å²) < 4.78 is 10.9. The highest BCUT2D eigenvalue weighted by atomic mass is 16.5. The van der Waals surface area contributed by atoms with Crippen molar-refractivity contribution < 1.29 is 14.6 Å². The van der Waals surface area contributed by atoms with E-state index in [1.54, 1.807) is 7.11 Å². The molecule has 0 heterocycles. The number of aliphatic hydroxyl groups excluding tert-OH is 1. The Balaban J connectivity index is 1.85. The average Bonchev–Trinajstić information content (AvgIpc) is 2.65. The standard InChI is InChI=1S/C21H35NO3/c1-24-11-4-12-25-16-17-6-7-19-14-20(9-8-18(19)13-17)21(15-22)5-2-3-10-23/h8-9,14,17,21,23H,2-7,10-13,15-16,22H2,1H3/t17-,21+/m1/s1. The van der Waals surface area contributed by atoms with Gasteiger partial charge in [0, 0.05) is 33.5 Å². The zero-order valence-electron chi connectivity index (χ0n) is 15.7. The molecule has 4 heteroatoms. The number of ether oxygens (including phenoxy) is 2. The van der Waals surface area contributed by atoms with Gasteiger partial charge in [0.1, 0.15) is 0 Å². The Morgan fingerprint density at radius 2 is 2.08 bits per heavy atom. The van der Waals surface area contributed by atoms with Gasteiger partial charge in [0.05, 0.1) is 0 Å². The summed E-state index contributed by atoms with van der Waals surface area (Å²) in [4.78, 5) is 0. The highest BCUT2D eigenvalue weighted by Gasteiger charge is 2.20. The summed E-state index contributed by atoms with van der Waals surface area (Å²) in [6.07, 6.45) is 7.42. The van der Waals surface area contributed by atoms with Gasteiger partial charge in [-0.25, -0.2) is 0 Å². The molecular formula is C21H35NO3. The third-order valence-corrected chi connectivity index (χ3v) is 5.27. The lowest BCUT2D eigenvalue weighted by molar-refractivity contribution is 0.0750. The highest BCUT2D eigenvalue weighted by molar-refractivity contribution is 5.36. The molecule has 1 aromatic carbocycles. The van der Waals surface area contributed by atoms with Crippen molar-refractivity contribution in [3.05, 3.63) is 34.9 Å². The van der Waals surface area contributed by atoms with Crippen LogP contribution in [0, 0.1) is 5.92 Å². The molecule has 3 N–H and O–H groups in total. The second-order valence-electron chi connectivity index (χ2n) is 7.21. The van der Waals surface area contributed by atoms with Gasteiger partial charge in [-0.2, -0.15) is 0 Å². The van der Waals surface area contributed by atoms with Crippen LogP contribution in [0.1, 0.15) is 54.7 Å². The van der Waals surface area contributed by atoms with Gasteiger partial charge in [0.15, 0.2) is 0 Å². The molecular weight excluding hydrogens is 314 g/mol. The number of benzene rings is 1. The molecule has 0 amide bonds. The minimum Gasteiger partial charge on any atom is -0.396 e. The molecule has 25 heavy (non-hydrogen) atoms. The third-order valence-electron chi connectivity index (χ3n) is 5.27. The van der Waals surface area contributed by atoms with Crippen molar-refractivity contribution >= 4 is 0 Å². The Morgan fingerprint density at radius 1 is 1.20 bits per heavy atom. The topological polar surface area (TPSA) is 64.7 Å². The summed E-state index contributed by atoms with van der Waals surface area (Å²) in [5, 5.41) is 8.96. The lowest BCUT2D eigenvalue weighted by atomic mass is 9.81. The maximum Gasteiger partial charge on any atom is 0.0497 e. The molecule has 0 aliphatic heterocycles. The number of aliphatic hydroxyl groups is 1. The van der Waals surface area contributed by atoms with E-state index in [4.69, 9.17) is 20.3 Å². The summed E-state index contributed by atoms with van der Waals surface area (Å²) in [5.41, 5.74) is 10.3. The molecule has 2 rings (SSSR count). The first-order chi connectivity index (χ1) is 12.3. The van der Waals surface area contributed by atoms with E-state index in [0.717, 1.165) is 58.3 Å². The van der Waals surface area contributed by atoms with Crippen molar-refractivity contribution in [3.63, 3.8) is 0 Å². The minimum atomic E-state index is 0.274. The third kappa shape index (κ3) is 6.70. The first-order valence-corrected chi connectivity index (χ1v) is 9.77. The lowest BCUT2D eigenvalue weighted by Gasteiger charge is -2.26. The molecule has 0 unspecified atom stereocenters. The van der Waals surface area contributed by atoms with Crippen LogP contribution < -0.4 is 5.73 Å². The van der Waals surface area contributed by atoms with E-state index in [2.05, 4.69) is 18.2 Å². The van der Waals surface area contributed by atoms with Crippen molar-refractivity contribution in [2.45, 2.75) is 50.9 Å². The number of aryl methyl sites for hydroxylation is 1. The van der Waals surface area contributed by atoms with E-state index in [9.17, 15) is 0 Å².